The number of rotatable bonds is 4. The van der Waals surface area contributed by atoms with Gasteiger partial charge in [0.1, 0.15) is 18.8 Å². The largest absolute Gasteiger partial charge is 0.454 e. The Balaban J connectivity index is 1.83. The van der Waals surface area contributed by atoms with E-state index in [1.54, 1.807) is 6.07 Å². The quantitative estimate of drug-likeness (QED) is 0.807. The molecule has 1 aromatic carbocycles. The molecule has 0 saturated carbocycles. The normalized spacial score (nSPS) is 27.1. The fourth-order valence-electron chi connectivity index (χ4n) is 3.88. The molecule has 1 aromatic rings. The van der Waals surface area contributed by atoms with Gasteiger partial charge in [-0.05, 0) is 26.3 Å². The molecule has 1 N–H and O–H groups in total. The predicted molar refractivity (Wildman–Crippen MR) is 94.9 cm³/mol. The number of carbonyl (C=O) groups is 1. The fraction of sp³-hybridized carbons (Fsp3) is 0.526. The summed E-state index contributed by atoms with van der Waals surface area (Å²) in [6.45, 7) is 7.33. The number of aliphatic hydroxyl groups excluding tert-OH is 1. The minimum absolute atomic E-state index is 0.0814. The molecule has 3 aliphatic heterocycles. The van der Waals surface area contributed by atoms with Gasteiger partial charge in [0.2, 0.25) is 6.79 Å². The molecule has 0 unspecified atom stereocenters. The molecule has 0 bridgehead atoms. The lowest BCUT2D eigenvalue weighted by atomic mass is 9.89. The lowest BCUT2D eigenvalue weighted by Crippen LogP contribution is -2.53. The maximum atomic E-state index is 12.9. The SMILES string of the molecule is C=CCOC(=O)N1c2cc3c(cc2[C@@H]2OC(C)(C)O[C@H]2[C@@H]1CCO)OCO3. The third-order valence-corrected chi connectivity index (χ3v) is 4.87. The summed E-state index contributed by atoms with van der Waals surface area (Å²) in [5.74, 6) is 0.327. The number of amides is 1. The summed E-state index contributed by atoms with van der Waals surface area (Å²) in [4.78, 5) is 14.4. The number of hydrogen-bond donors (Lipinski definition) is 1. The lowest BCUT2D eigenvalue weighted by Gasteiger charge is -2.41. The number of nitrogens with zero attached hydrogens (tertiary/aromatic N) is 1. The number of fused-ring (bicyclic) bond motifs is 4. The number of hydrogen-bond acceptors (Lipinski definition) is 7. The summed E-state index contributed by atoms with van der Waals surface area (Å²) < 4.78 is 28.5. The minimum atomic E-state index is -0.822. The van der Waals surface area contributed by atoms with Crippen molar-refractivity contribution >= 4 is 11.8 Å². The highest BCUT2D eigenvalue weighted by Crippen LogP contribution is 2.52. The van der Waals surface area contributed by atoms with E-state index in [0.717, 1.165) is 5.56 Å². The van der Waals surface area contributed by atoms with Crippen LogP contribution >= 0.6 is 0 Å². The average molecular weight is 377 g/mol. The van der Waals surface area contributed by atoms with Crippen LogP contribution in [0, 0.1) is 0 Å². The number of aliphatic hydroxyl groups is 1. The van der Waals surface area contributed by atoms with Crippen LogP contribution in [0.4, 0.5) is 10.5 Å². The summed E-state index contributed by atoms with van der Waals surface area (Å²) in [7, 11) is 0. The zero-order valence-corrected chi connectivity index (χ0v) is 15.3. The van der Waals surface area contributed by atoms with E-state index in [0.29, 0.717) is 23.6 Å². The van der Waals surface area contributed by atoms with Crippen molar-refractivity contribution in [2.75, 3.05) is 24.9 Å². The number of anilines is 1. The molecule has 3 atom stereocenters. The van der Waals surface area contributed by atoms with Crippen LogP contribution in [0.1, 0.15) is 31.9 Å². The van der Waals surface area contributed by atoms with Crippen LogP contribution in [0.3, 0.4) is 0 Å². The van der Waals surface area contributed by atoms with E-state index < -0.39 is 30.1 Å². The van der Waals surface area contributed by atoms with Crippen LogP contribution in [0.2, 0.25) is 0 Å². The van der Waals surface area contributed by atoms with Crippen molar-refractivity contribution in [3.05, 3.63) is 30.4 Å². The second-order valence-corrected chi connectivity index (χ2v) is 7.10. The molecule has 0 spiro atoms. The van der Waals surface area contributed by atoms with E-state index in [9.17, 15) is 9.90 Å². The van der Waals surface area contributed by atoms with E-state index in [2.05, 4.69) is 6.58 Å². The zero-order valence-electron chi connectivity index (χ0n) is 15.3. The van der Waals surface area contributed by atoms with Crippen molar-refractivity contribution in [2.24, 2.45) is 0 Å². The molecular weight excluding hydrogens is 354 g/mol. The summed E-state index contributed by atoms with van der Waals surface area (Å²) in [5.41, 5.74) is 1.37. The van der Waals surface area contributed by atoms with Gasteiger partial charge >= 0.3 is 6.09 Å². The summed E-state index contributed by atoms with van der Waals surface area (Å²) in [5, 5.41) is 9.61. The van der Waals surface area contributed by atoms with Gasteiger partial charge in [0.05, 0.1) is 11.7 Å². The number of ether oxygens (including phenoxy) is 5. The van der Waals surface area contributed by atoms with Crippen LogP contribution in [-0.4, -0.2) is 49.1 Å². The highest BCUT2D eigenvalue weighted by atomic mass is 16.8. The Hall–Kier alpha value is -2.29. The molecule has 27 heavy (non-hydrogen) atoms. The van der Waals surface area contributed by atoms with Crippen LogP contribution < -0.4 is 14.4 Å². The van der Waals surface area contributed by atoms with Crippen molar-refractivity contribution in [3.63, 3.8) is 0 Å². The van der Waals surface area contributed by atoms with Crippen LogP contribution in [-0.2, 0) is 14.2 Å². The average Bonchev–Trinajstić information content (AvgIpc) is 3.21. The Kier molecular flexibility index (Phi) is 4.49. The first-order valence-electron chi connectivity index (χ1n) is 8.92. The molecule has 4 rings (SSSR count). The molecule has 3 heterocycles. The summed E-state index contributed by atoms with van der Waals surface area (Å²) >= 11 is 0. The summed E-state index contributed by atoms with van der Waals surface area (Å²) in [6, 6.07) is 3.12. The molecule has 0 aromatic heterocycles. The topological polar surface area (TPSA) is 86.7 Å². The highest BCUT2D eigenvalue weighted by molar-refractivity contribution is 5.91. The van der Waals surface area contributed by atoms with Crippen molar-refractivity contribution in [2.45, 2.75) is 44.3 Å². The van der Waals surface area contributed by atoms with Gasteiger partial charge < -0.3 is 28.8 Å². The van der Waals surface area contributed by atoms with Crippen molar-refractivity contribution < 1.29 is 33.6 Å². The Morgan fingerprint density at radius 3 is 2.81 bits per heavy atom. The third kappa shape index (κ3) is 3.03. The molecule has 0 radical (unpaired) electrons. The first-order valence-corrected chi connectivity index (χ1v) is 8.92. The molecule has 8 heteroatoms. The zero-order chi connectivity index (χ0) is 19.2. The van der Waals surface area contributed by atoms with E-state index >= 15 is 0 Å². The molecule has 1 amide bonds. The van der Waals surface area contributed by atoms with E-state index in [-0.39, 0.29) is 20.0 Å². The van der Waals surface area contributed by atoms with Crippen molar-refractivity contribution in [1.82, 2.24) is 0 Å². The second-order valence-electron chi connectivity index (χ2n) is 7.10. The van der Waals surface area contributed by atoms with E-state index in [4.69, 9.17) is 23.7 Å². The maximum absolute atomic E-state index is 12.9. The highest BCUT2D eigenvalue weighted by Gasteiger charge is 2.53. The van der Waals surface area contributed by atoms with Crippen LogP contribution in [0.25, 0.3) is 0 Å². The third-order valence-electron chi connectivity index (χ3n) is 4.87. The monoisotopic (exact) mass is 377 g/mol. The van der Waals surface area contributed by atoms with Gasteiger partial charge in [-0.3, -0.25) is 4.90 Å². The molecular formula is C19H23NO7. The number of carbonyl (C=O) groups excluding carboxylic acids is 1. The van der Waals surface area contributed by atoms with Gasteiger partial charge in [-0.1, -0.05) is 12.7 Å². The van der Waals surface area contributed by atoms with E-state index in [1.807, 2.05) is 19.9 Å². The molecule has 3 aliphatic rings. The number of benzene rings is 1. The molecule has 8 nitrogen and oxygen atoms in total. The van der Waals surface area contributed by atoms with Crippen molar-refractivity contribution in [1.29, 1.82) is 0 Å². The lowest BCUT2D eigenvalue weighted by molar-refractivity contribution is -0.148. The van der Waals surface area contributed by atoms with Gasteiger partial charge in [-0.25, -0.2) is 4.79 Å². The van der Waals surface area contributed by atoms with Gasteiger partial charge in [0.25, 0.3) is 0 Å². The molecule has 1 fully saturated rings. The minimum Gasteiger partial charge on any atom is -0.454 e. The smallest absolute Gasteiger partial charge is 0.414 e. The van der Waals surface area contributed by atoms with Crippen LogP contribution in [0.5, 0.6) is 11.5 Å². The fourth-order valence-corrected chi connectivity index (χ4v) is 3.88. The first kappa shape index (κ1) is 18.1. The molecule has 146 valence electrons. The molecule has 1 saturated heterocycles. The Morgan fingerprint density at radius 2 is 2.11 bits per heavy atom. The standard InChI is InChI=1S/C19H23NO7/c1-4-7-23-18(22)20-12(5-6-21)17-16(26-19(2,3)27-17)11-8-14-15(9-13(11)20)25-10-24-14/h4,8-9,12,16-17,21H,1,5-7,10H2,2-3H3/t12-,16-,17-/m0/s1. The van der Waals surface area contributed by atoms with Crippen molar-refractivity contribution in [3.8, 4) is 11.5 Å². The Morgan fingerprint density at radius 1 is 1.37 bits per heavy atom. The Labute approximate surface area is 157 Å². The van der Waals surface area contributed by atoms with Gasteiger partial charge in [0, 0.05) is 18.2 Å². The van der Waals surface area contributed by atoms with Crippen LogP contribution in [0.15, 0.2) is 24.8 Å². The maximum Gasteiger partial charge on any atom is 0.414 e. The van der Waals surface area contributed by atoms with Gasteiger partial charge in [0.15, 0.2) is 17.3 Å². The first-order chi connectivity index (χ1) is 12.9. The molecule has 0 aliphatic carbocycles. The Bertz CT molecular complexity index is 763. The van der Waals surface area contributed by atoms with Gasteiger partial charge in [-0.2, -0.15) is 0 Å². The second kappa shape index (κ2) is 6.70. The predicted octanol–water partition coefficient (Wildman–Crippen LogP) is 2.50. The van der Waals surface area contributed by atoms with E-state index in [1.165, 1.54) is 11.0 Å². The van der Waals surface area contributed by atoms with Gasteiger partial charge in [-0.15, -0.1) is 0 Å². The summed E-state index contributed by atoms with van der Waals surface area (Å²) in [6.07, 6.45) is 0.434.